The summed E-state index contributed by atoms with van der Waals surface area (Å²) in [5.41, 5.74) is -0.714. The lowest BCUT2D eigenvalue weighted by atomic mass is 9.98. The molecule has 1 unspecified atom stereocenters. The van der Waals surface area contributed by atoms with E-state index in [-0.39, 0.29) is 11.7 Å². The highest BCUT2D eigenvalue weighted by atomic mass is 32.2. The van der Waals surface area contributed by atoms with E-state index < -0.39 is 5.54 Å². The van der Waals surface area contributed by atoms with Crippen LogP contribution in [-0.2, 0) is 4.79 Å². The molecular formula is C13H21N3OS2. The smallest absolute Gasteiger partial charge is 0.231 e. The first kappa shape index (κ1) is 16.3. The standard InChI is InChI=1S/C13H21N3OS2/c1-4-16(5-2)12(18)19-8-11(17)15-13(3,9-14)10-6-7-10/h10H,4-8H2,1-3H3,(H,15,17). The van der Waals surface area contributed by atoms with Crippen molar-refractivity contribution in [1.29, 1.82) is 5.26 Å². The van der Waals surface area contributed by atoms with Crippen molar-refractivity contribution in [2.75, 3.05) is 18.8 Å². The molecule has 0 saturated heterocycles. The third-order valence-electron chi connectivity index (χ3n) is 3.37. The van der Waals surface area contributed by atoms with Crippen LogP contribution in [0.15, 0.2) is 0 Å². The van der Waals surface area contributed by atoms with Crippen LogP contribution in [0.2, 0.25) is 0 Å². The second kappa shape index (κ2) is 7.11. The highest BCUT2D eigenvalue weighted by Gasteiger charge is 2.42. The summed E-state index contributed by atoms with van der Waals surface area (Å²) in [6.45, 7) is 7.58. The summed E-state index contributed by atoms with van der Waals surface area (Å²) in [5.74, 6) is 0.468. The van der Waals surface area contributed by atoms with Crippen LogP contribution in [0.1, 0.15) is 33.6 Å². The van der Waals surface area contributed by atoms with Crippen LogP contribution in [0, 0.1) is 17.2 Å². The van der Waals surface area contributed by atoms with Crippen LogP contribution in [0.4, 0.5) is 0 Å². The van der Waals surface area contributed by atoms with Crippen LogP contribution < -0.4 is 5.32 Å². The predicted octanol–water partition coefficient (Wildman–Crippen LogP) is 2.15. The van der Waals surface area contributed by atoms with Gasteiger partial charge in [0.2, 0.25) is 5.91 Å². The molecule has 1 aliphatic carbocycles. The Balaban J connectivity index is 2.39. The number of carbonyl (C=O) groups excluding carboxylic acids is 1. The minimum atomic E-state index is -0.714. The van der Waals surface area contributed by atoms with Crippen molar-refractivity contribution in [2.24, 2.45) is 5.92 Å². The third-order valence-corrected chi connectivity index (χ3v) is 4.90. The molecule has 1 fully saturated rings. The lowest BCUT2D eigenvalue weighted by Crippen LogP contribution is -2.47. The van der Waals surface area contributed by atoms with Gasteiger partial charge in [-0.05, 0) is 39.5 Å². The van der Waals surface area contributed by atoms with Gasteiger partial charge in [-0.2, -0.15) is 5.26 Å². The van der Waals surface area contributed by atoms with Gasteiger partial charge in [-0.25, -0.2) is 0 Å². The van der Waals surface area contributed by atoms with Crippen molar-refractivity contribution in [3.63, 3.8) is 0 Å². The Morgan fingerprint density at radius 3 is 2.53 bits per heavy atom. The second-order valence-corrected chi connectivity index (χ2v) is 6.47. The van der Waals surface area contributed by atoms with Crippen molar-refractivity contribution < 1.29 is 4.79 Å². The van der Waals surface area contributed by atoms with Crippen LogP contribution in [0.25, 0.3) is 0 Å². The van der Waals surface area contributed by atoms with Gasteiger partial charge < -0.3 is 10.2 Å². The highest BCUT2D eigenvalue weighted by molar-refractivity contribution is 8.23. The Bertz CT molecular complexity index is 386. The summed E-state index contributed by atoms with van der Waals surface area (Å²) in [4.78, 5) is 13.9. The van der Waals surface area contributed by atoms with E-state index in [0.29, 0.717) is 5.92 Å². The maximum atomic E-state index is 11.9. The lowest BCUT2D eigenvalue weighted by Gasteiger charge is -2.24. The number of thiocarbonyl (C=S) groups is 1. The van der Waals surface area contributed by atoms with E-state index in [1.165, 1.54) is 11.8 Å². The zero-order valence-electron chi connectivity index (χ0n) is 11.7. The van der Waals surface area contributed by atoms with Gasteiger partial charge in [0.1, 0.15) is 9.86 Å². The molecule has 1 N–H and O–H groups in total. The van der Waals surface area contributed by atoms with E-state index in [9.17, 15) is 10.1 Å². The van der Waals surface area contributed by atoms with E-state index in [4.69, 9.17) is 12.2 Å². The molecule has 0 bridgehead atoms. The maximum Gasteiger partial charge on any atom is 0.231 e. The number of hydrogen-bond donors (Lipinski definition) is 1. The van der Waals surface area contributed by atoms with Gasteiger partial charge in [-0.1, -0.05) is 24.0 Å². The van der Waals surface area contributed by atoms with Gasteiger partial charge in [0.05, 0.1) is 11.8 Å². The molecule has 1 rings (SSSR count). The number of thioether (sulfide) groups is 1. The monoisotopic (exact) mass is 299 g/mol. The zero-order valence-corrected chi connectivity index (χ0v) is 13.4. The second-order valence-electron chi connectivity index (χ2n) is 4.86. The van der Waals surface area contributed by atoms with Crippen LogP contribution in [-0.4, -0.2) is 39.5 Å². The molecule has 0 radical (unpaired) electrons. The van der Waals surface area contributed by atoms with Crippen molar-refractivity contribution in [1.82, 2.24) is 10.2 Å². The molecule has 6 heteroatoms. The van der Waals surface area contributed by atoms with Gasteiger partial charge in [-0.3, -0.25) is 4.79 Å². The number of nitrogens with zero attached hydrogens (tertiary/aromatic N) is 2. The molecule has 106 valence electrons. The SMILES string of the molecule is CCN(CC)C(=S)SCC(=O)NC(C)(C#N)C1CC1. The van der Waals surface area contributed by atoms with Crippen LogP contribution >= 0.6 is 24.0 Å². The third kappa shape index (κ3) is 4.66. The van der Waals surface area contributed by atoms with E-state index in [1.54, 1.807) is 6.92 Å². The number of amides is 1. The van der Waals surface area contributed by atoms with Gasteiger partial charge in [0.25, 0.3) is 0 Å². The van der Waals surface area contributed by atoms with Gasteiger partial charge >= 0.3 is 0 Å². The molecule has 1 aliphatic rings. The number of nitrogens with one attached hydrogen (secondary N) is 1. The Morgan fingerprint density at radius 2 is 2.11 bits per heavy atom. The minimum Gasteiger partial charge on any atom is -0.358 e. The average molecular weight is 299 g/mol. The predicted molar refractivity (Wildman–Crippen MR) is 82.9 cm³/mol. The van der Waals surface area contributed by atoms with E-state index in [1.807, 2.05) is 18.7 Å². The Kier molecular flexibility index (Phi) is 6.08. The maximum absolute atomic E-state index is 11.9. The summed E-state index contributed by atoms with van der Waals surface area (Å²) >= 11 is 6.63. The molecule has 0 aliphatic heterocycles. The zero-order chi connectivity index (χ0) is 14.5. The molecule has 4 nitrogen and oxygen atoms in total. The Labute approximate surface area is 124 Å². The molecule has 1 amide bonds. The van der Waals surface area contributed by atoms with Crippen LogP contribution in [0.3, 0.4) is 0 Å². The summed E-state index contributed by atoms with van der Waals surface area (Å²) in [7, 11) is 0. The van der Waals surface area contributed by atoms with E-state index in [0.717, 1.165) is 30.3 Å². The fourth-order valence-electron chi connectivity index (χ4n) is 1.91. The summed E-state index contributed by atoms with van der Waals surface area (Å²) < 4.78 is 0.741. The van der Waals surface area contributed by atoms with Crippen molar-refractivity contribution in [2.45, 2.75) is 39.2 Å². The lowest BCUT2D eigenvalue weighted by molar-refractivity contribution is -0.119. The first-order valence-electron chi connectivity index (χ1n) is 6.60. The fraction of sp³-hybridized carbons (Fsp3) is 0.769. The molecular weight excluding hydrogens is 278 g/mol. The topological polar surface area (TPSA) is 56.1 Å². The minimum absolute atomic E-state index is 0.115. The van der Waals surface area contributed by atoms with E-state index >= 15 is 0 Å². The first-order chi connectivity index (χ1) is 8.96. The summed E-state index contributed by atoms with van der Waals surface area (Å²) in [6, 6.07) is 2.22. The van der Waals surface area contributed by atoms with Crippen molar-refractivity contribution in [3.8, 4) is 6.07 Å². The number of nitriles is 1. The largest absolute Gasteiger partial charge is 0.358 e. The van der Waals surface area contributed by atoms with Gasteiger partial charge in [-0.15, -0.1) is 0 Å². The first-order valence-corrected chi connectivity index (χ1v) is 8.00. The van der Waals surface area contributed by atoms with Gasteiger partial charge in [0, 0.05) is 13.1 Å². The molecule has 0 heterocycles. The number of carbonyl (C=O) groups is 1. The quantitative estimate of drug-likeness (QED) is 0.762. The average Bonchev–Trinajstić information content (AvgIpc) is 3.22. The van der Waals surface area contributed by atoms with Crippen LogP contribution in [0.5, 0.6) is 0 Å². The van der Waals surface area contributed by atoms with Crippen molar-refractivity contribution >= 4 is 34.2 Å². The summed E-state index contributed by atoms with van der Waals surface area (Å²) in [5, 5.41) is 12.0. The number of rotatable bonds is 6. The Hall–Kier alpha value is -0.800. The molecule has 0 aromatic carbocycles. The van der Waals surface area contributed by atoms with Crippen molar-refractivity contribution in [3.05, 3.63) is 0 Å². The molecule has 0 aromatic heterocycles. The highest BCUT2D eigenvalue weighted by Crippen LogP contribution is 2.39. The molecule has 19 heavy (non-hydrogen) atoms. The number of hydrogen-bond acceptors (Lipinski definition) is 4. The Morgan fingerprint density at radius 1 is 1.53 bits per heavy atom. The molecule has 1 saturated carbocycles. The molecule has 1 atom stereocenters. The molecule has 0 spiro atoms. The summed E-state index contributed by atoms with van der Waals surface area (Å²) in [6.07, 6.45) is 2.05. The van der Waals surface area contributed by atoms with E-state index in [2.05, 4.69) is 11.4 Å². The fourth-order valence-corrected chi connectivity index (χ4v) is 3.11. The van der Waals surface area contributed by atoms with Gasteiger partial charge in [0.15, 0.2) is 0 Å². The molecule has 0 aromatic rings. The normalized spacial score (nSPS) is 17.2.